The molecule has 3 rings (SSSR count). The van der Waals surface area contributed by atoms with Crippen LogP contribution in [0.4, 0.5) is 4.79 Å². The number of imide groups is 1. The van der Waals surface area contributed by atoms with Gasteiger partial charge in [-0.3, -0.25) is 10.1 Å². The predicted octanol–water partition coefficient (Wildman–Crippen LogP) is 3.53. The average molecular weight is 416 g/mol. The van der Waals surface area contributed by atoms with E-state index in [0.29, 0.717) is 18.2 Å². The van der Waals surface area contributed by atoms with Crippen LogP contribution in [-0.2, 0) is 17.9 Å². The molecule has 1 atom stereocenters. The molecule has 146 valence electrons. The number of benzene rings is 1. The quantitative estimate of drug-likeness (QED) is 0.576. The summed E-state index contributed by atoms with van der Waals surface area (Å²) in [6, 6.07) is 12.9. The van der Waals surface area contributed by atoms with Crippen molar-refractivity contribution in [2.75, 3.05) is 0 Å². The summed E-state index contributed by atoms with van der Waals surface area (Å²) < 4.78 is 1.97. The summed E-state index contributed by atoms with van der Waals surface area (Å²) in [5.41, 5.74) is 0.963. The Morgan fingerprint density at radius 2 is 1.96 bits per heavy atom. The SMILES string of the molecule is CCn1c(S[C@H](C)C(=O)NC(=O)NCc2ccccc2)nnc1-c1cccs1. The van der Waals surface area contributed by atoms with Crippen molar-refractivity contribution >= 4 is 35.0 Å². The Morgan fingerprint density at radius 3 is 2.64 bits per heavy atom. The van der Waals surface area contributed by atoms with Crippen molar-refractivity contribution in [3.63, 3.8) is 0 Å². The second kappa shape index (κ2) is 9.52. The lowest BCUT2D eigenvalue weighted by molar-refractivity contribution is -0.119. The number of rotatable bonds is 7. The smallest absolute Gasteiger partial charge is 0.321 e. The van der Waals surface area contributed by atoms with Crippen molar-refractivity contribution in [2.45, 2.75) is 37.3 Å². The molecule has 3 aromatic rings. The zero-order valence-corrected chi connectivity index (χ0v) is 17.2. The van der Waals surface area contributed by atoms with Crippen LogP contribution in [0.15, 0.2) is 53.0 Å². The van der Waals surface area contributed by atoms with Crippen LogP contribution in [0.3, 0.4) is 0 Å². The zero-order valence-electron chi connectivity index (χ0n) is 15.6. The number of urea groups is 1. The number of amides is 3. The largest absolute Gasteiger partial charge is 0.334 e. The standard InChI is InChI=1S/C19H21N5O2S2/c1-3-24-16(15-10-7-11-27-15)22-23-19(24)28-13(2)17(25)21-18(26)20-12-14-8-5-4-6-9-14/h4-11,13H,3,12H2,1-2H3,(H2,20,21,25,26)/t13-/m1/s1. The Labute approximate surface area is 171 Å². The fourth-order valence-corrected chi connectivity index (χ4v) is 4.13. The third-order valence-corrected chi connectivity index (χ3v) is 5.90. The molecule has 0 unspecified atom stereocenters. The van der Waals surface area contributed by atoms with Crippen LogP contribution >= 0.6 is 23.1 Å². The van der Waals surface area contributed by atoms with Crippen LogP contribution < -0.4 is 10.6 Å². The van der Waals surface area contributed by atoms with E-state index in [9.17, 15) is 9.59 Å². The highest BCUT2D eigenvalue weighted by Crippen LogP contribution is 2.29. The monoisotopic (exact) mass is 415 g/mol. The highest BCUT2D eigenvalue weighted by molar-refractivity contribution is 8.00. The fraction of sp³-hybridized carbons (Fsp3) is 0.263. The minimum absolute atomic E-state index is 0.357. The Bertz CT molecular complexity index is 925. The van der Waals surface area contributed by atoms with Gasteiger partial charge in [-0.05, 0) is 30.9 Å². The maximum absolute atomic E-state index is 12.4. The zero-order chi connectivity index (χ0) is 19.9. The highest BCUT2D eigenvalue weighted by Gasteiger charge is 2.21. The molecule has 3 amide bonds. The van der Waals surface area contributed by atoms with Crippen molar-refractivity contribution in [1.82, 2.24) is 25.4 Å². The number of thioether (sulfide) groups is 1. The van der Waals surface area contributed by atoms with Crippen molar-refractivity contribution in [2.24, 2.45) is 0 Å². The van der Waals surface area contributed by atoms with Gasteiger partial charge in [-0.15, -0.1) is 21.5 Å². The molecule has 0 aliphatic heterocycles. The highest BCUT2D eigenvalue weighted by atomic mass is 32.2. The van der Waals surface area contributed by atoms with E-state index in [1.807, 2.05) is 59.3 Å². The third kappa shape index (κ3) is 4.99. The normalized spacial score (nSPS) is 11.8. The lowest BCUT2D eigenvalue weighted by Crippen LogP contribution is -2.42. The van der Waals surface area contributed by atoms with Crippen molar-refractivity contribution in [1.29, 1.82) is 0 Å². The van der Waals surface area contributed by atoms with Crippen LogP contribution in [0.2, 0.25) is 0 Å². The van der Waals surface area contributed by atoms with E-state index in [2.05, 4.69) is 20.8 Å². The third-order valence-electron chi connectivity index (χ3n) is 3.96. The molecule has 2 aromatic heterocycles. The Kier molecular flexibility index (Phi) is 6.83. The van der Waals surface area contributed by atoms with E-state index in [1.165, 1.54) is 11.8 Å². The first-order valence-corrected chi connectivity index (χ1v) is 10.6. The molecule has 0 spiro atoms. The molecule has 0 bridgehead atoms. The number of carbonyl (C=O) groups excluding carboxylic acids is 2. The van der Waals surface area contributed by atoms with Gasteiger partial charge in [0.25, 0.3) is 0 Å². The van der Waals surface area contributed by atoms with Crippen LogP contribution in [0.25, 0.3) is 10.7 Å². The molecule has 0 saturated carbocycles. The molecule has 7 nitrogen and oxygen atoms in total. The summed E-state index contributed by atoms with van der Waals surface area (Å²) in [5.74, 6) is 0.409. The molecule has 28 heavy (non-hydrogen) atoms. The topological polar surface area (TPSA) is 88.9 Å². The lowest BCUT2D eigenvalue weighted by atomic mass is 10.2. The lowest BCUT2D eigenvalue weighted by Gasteiger charge is -2.12. The number of aromatic nitrogens is 3. The van der Waals surface area contributed by atoms with E-state index >= 15 is 0 Å². The van der Waals surface area contributed by atoms with Gasteiger partial charge in [0, 0.05) is 13.1 Å². The van der Waals surface area contributed by atoms with E-state index in [4.69, 9.17) is 0 Å². The summed E-state index contributed by atoms with van der Waals surface area (Å²) in [4.78, 5) is 25.4. The van der Waals surface area contributed by atoms with E-state index in [-0.39, 0.29) is 5.91 Å². The number of carbonyl (C=O) groups is 2. The van der Waals surface area contributed by atoms with Gasteiger partial charge in [0.15, 0.2) is 11.0 Å². The Hall–Kier alpha value is -2.65. The molecule has 2 N–H and O–H groups in total. The van der Waals surface area contributed by atoms with Gasteiger partial charge in [0.2, 0.25) is 5.91 Å². The van der Waals surface area contributed by atoms with Gasteiger partial charge >= 0.3 is 6.03 Å². The first-order valence-electron chi connectivity index (χ1n) is 8.84. The van der Waals surface area contributed by atoms with Gasteiger partial charge in [-0.2, -0.15) is 0 Å². The summed E-state index contributed by atoms with van der Waals surface area (Å²) in [5, 5.41) is 15.7. The fourth-order valence-electron chi connectivity index (χ4n) is 2.50. The summed E-state index contributed by atoms with van der Waals surface area (Å²) >= 11 is 2.87. The van der Waals surface area contributed by atoms with Crippen LogP contribution in [0.5, 0.6) is 0 Å². The molecule has 2 heterocycles. The Balaban J connectivity index is 1.56. The second-order valence-corrected chi connectivity index (χ2v) is 8.20. The number of nitrogens with zero attached hydrogens (tertiary/aromatic N) is 3. The van der Waals surface area contributed by atoms with Crippen molar-refractivity contribution in [3.05, 3.63) is 53.4 Å². The summed E-state index contributed by atoms with van der Waals surface area (Å²) in [6.07, 6.45) is 0. The summed E-state index contributed by atoms with van der Waals surface area (Å²) in [6.45, 7) is 4.79. The van der Waals surface area contributed by atoms with Gasteiger partial charge in [0.05, 0.1) is 10.1 Å². The van der Waals surface area contributed by atoms with Gasteiger partial charge in [-0.1, -0.05) is 48.2 Å². The minimum Gasteiger partial charge on any atom is -0.334 e. The maximum atomic E-state index is 12.4. The Morgan fingerprint density at radius 1 is 1.18 bits per heavy atom. The molecule has 0 saturated heterocycles. The molecule has 1 aromatic carbocycles. The molecule has 0 radical (unpaired) electrons. The molecular weight excluding hydrogens is 394 g/mol. The number of thiophene rings is 1. The number of hydrogen-bond donors (Lipinski definition) is 2. The van der Waals surface area contributed by atoms with Crippen molar-refractivity contribution in [3.8, 4) is 10.7 Å². The minimum atomic E-state index is -0.516. The average Bonchev–Trinajstić information content (AvgIpc) is 3.36. The van der Waals surface area contributed by atoms with E-state index in [0.717, 1.165) is 16.3 Å². The molecule has 0 aliphatic rings. The van der Waals surface area contributed by atoms with Crippen LogP contribution in [0.1, 0.15) is 19.4 Å². The van der Waals surface area contributed by atoms with Gasteiger partial charge in [-0.25, -0.2) is 4.79 Å². The van der Waals surface area contributed by atoms with Crippen LogP contribution in [0, 0.1) is 0 Å². The van der Waals surface area contributed by atoms with Crippen LogP contribution in [-0.4, -0.2) is 32.0 Å². The first-order chi connectivity index (χ1) is 13.6. The number of hydrogen-bond acceptors (Lipinski definition) is 6. The molecule has 0 aliphatic carbocycles. The van der Waals surface area contributed by atoms with E-state index in [1.54, 1.807) is 18.3 Å². The summed E-state index contributed by atoms with van der Waals surface area (Å²) in [7, 11) is 0. The van der Waals surface area contributed by atoms with Gasteiger partial charge in [0.1, 0.15) is 0 Å². The second-order valence-electron chi connectivity index (χ2n) is 5.95. The maximum Gasteiger partial charge on any atom is 0.321 e. The predicted molar refractivity (Wildman–Crippen MR) is 111 cm³/mol. The van der Waals surface area contributed by atoms with Crippen molar-refractivity contribution < 1.29 is 9.59 Å². The molecule has 0 fully saturated rings. The first kappa shape index (κ1) is 20.1. The molecular formula is C19H21N5O2S2. The number of nitrogens with one attached hydrogen (secondary N) is 2. The van der Waals surface area contributed by atoms with E-state index < -0.39 is 11.3 Å². The van der Waals surface area contributed by atoms with Gasteiger partial charge < -0.3 is 9.88 Å². The molecule has 9 heteroatoms.